The van der Waals surface area contributed by atoms with Gasteiger partial charge in [-0.25, -0.2) is 0 Å². The minimum absolute atomic E-state index is 0.158. The first kappa shape index (κ1) is 13.8. The number of ether oxygens (including phenoxy) is 2. The zero-order chi connectivity index (χ0) is 13.0. The van der Waals surface area contributed by atoms with Gasteiger partial charge in [0.15, 0.2) is 0 Å². The van der Waals surface area contributed by atoms with Crippen LogP contribution in [0.2, 0.25) is 0 Å². The molecular weight excluding hydrogens is 232 g/mol. The van der Waals surface area contributed by atoms with Crippen LogP contribution in [0.3, 0.4) is 0 Å². The molecule has 5 nitrogen and oxygen atoms in total. The lowest BCUT2D eigenvalue weighted by Crippen LogP contribution is -2.56. The second-order valence-corrected chi connectivity index (χ2v) is 5.46. The second kappa shape index (κ2) is 5.99. The van der Waals surface area contributed by atoms with Crippen molar-refractivity contribution >= 4 is 5.91 Å². The minimum Gasteiger partial charge on any atom is -0.384 e. The van der Waals surface area contributed by atoms with Gasteiger partial charge in [0.2, 0.25) is 5.91 Å². The van der Waals surface area contributed by atoms with Crippen LogP contribution in [0.15, 0.2) is 0 Å². The van der Waals surface area contributed by atoms with Crippen molar-refractivity contribution in [3.8, 4) is 0 Å². The van der Waals surface area contributed by atoms with E-state index in [0.29, 0.717) is 12.7 Å². The van der Waals surface area contributed by atoms with Gasteiger partial charge in [0.25, 0.3) is 0 Å². The van der Waals surface area contributed by atoms with Gasteiger partial charge < -0.3 is 20.1 Å². The molecule has 0 atom stereocenters. The summed E-state index contributed by atoms with van der Waals surface area (Å²) in [5.41, 5.74) is -0.335. The molecule has 1 aliphatic carbocycles. The molecule has 2 fully saturated rings. The van der Waals surface area contributed by atoms with Crippen LogP contribution in [-0.2, 0) is 14.3 Å². The van der Waals surface area contributed by atoms with E-state index in [9.17, 15) is 4.79 Å². The van der Waals surface area contributed by atoms with E-state index >= 15 is 0 Å². The minimum atomic E-state index is -0.335. The van der Waals surface area contributed by atoms with Gasteiger partial charge in [-0.3, -0.25) is 4.79 Å². The molecule has 0 aromatic rings. The first-order valence-corrected chi connectivity index (χ1v) is 6.73. The highest BCUT2D eigenvalue weighted by atomic mass is 16.5. The molecule has 0 radical (unpaired) electrons. The van der Waals surface area contributed by atoms with Gasteiger partial charge in [0.05, 0.1) is 18.1 Å². The molecule has 104 valence electrons. The third-order valence-electron chi connectivity index (χ3n) is 4.23. The van der Waals surface area contributed by atoms with E-state index in [1.54, 1.807) is 14.2 Å². The van der Waals surface area contributed by atoms with Gasteiger partial charge in [-0.1, -0.05) is 0 Å². The summed E-state index contributed by atoms with van der Waals surface area (Å²) in [5, 5.41) is 6.44. The molecule has 0 spiro atoms. The van der Waals surface area contributed by atoms with Crippen LogP contribution in [0.1, 0.15) is 25.7 Å². The molecule has 0 unspecified atom stereocenters. The summed E-state index contributed by atoms with van der Waals surface area (Å²) in [6.45, 7) is 2.30. The fourth-order valence-corrected chi connectivity index (χ4v) is 2.83. The van der Waals surface area contributed by atoms with Crippen LogP contribution >= 0.6 is 0 Å². The molecule has 1 heterocycles. The van der Waals surface area contributed by atoms with Gasteiger partial charge >= 0.3 is 0 Å². The lowest BCUT2D eigenvalue weighted by atomic mass is 9.77. The van der Waals surface area contributed by atoms with E-state index in [1.165, 1.54) is 0 Å². The van der Waals surface area contributed by atoms with E-state index in [4.69, 9.17) is 9.47 Å². The SMILES string of the molecule is COCC1(C(=O)NC2CC(OC)C2)CCNCC1. The molecule has 1 amide bonds. The molecule has 2 rings (SSSR count). The number of hydrogen-bond donors (Lipinski definition) is 2. The number of carbonyl (C=O) groups excluding carboxylic acids is 1. The van der Waals surface area contributed by atoms with Gasteiger partial charge in [-0.05, 0) is 38.8 Å². The topological polar surface area (TPSA) is 59.6 Å². The van der Waals surface area contributed by atoms with E-state index in [1.807, 2.05) is 0 Å². The molecule has 2 N–H and O–H groups in total. The number of nitrogens with one attached hydrogen (secondary N) is 2. The van der Waals surface area contributed by atoms with Gasteiger partial charge in [0.1, 0.15) is 0 Å². The summed E-state index contributed by atoms with van der Waals surface area (Å²) in [4.78, 5) is 12.4. The van der Waals surface area contributed by atoms with Gasteiger partial charge in [-0.15, -0.1) is 0 Å². The van der Waals surface area contributed by atoms with Gasteiger partial charge in [-0.2, -0.15) is 0 Å². The Morgan fingerprint density at radius 2 is 2.00 bits per heavy atom. The zero-order valence-electron chi connectivity index (χ0n) is 11.3. The summed E-state index contributed by atoms with van der Waals surface area (Å²) in [5.74, 6) is 0.158. The number of carbonyl (C=O) groups is 1. The van der Waals surface area contributed by atoms with Gasteiger partial charge in [0, 0.05) is 20.3 Å². The number of hydrogen-bond acceptors (Lipinski definition) is 4. The Balaban J connectivity index is 1.88. The van der Waals surface area contributed by atoms with Crippen LogP contribution in [0.25, 0.3) is 0 Å². The second-order valence-electron chi connectivity index (χ2n) is 5.46. The van der Waals surface area contributed by atoms with E-state index in [-0.39, 0.29) is 17.4 Å². The van der Waals surface area contributed by atoms with Crippen LogP contribution < -0.4 is 10.6 Å². The van der Waals surface area contributed by atoms with Crippen LogP contribution in [0, 0.1) is 5.41 Å². The summed E-state index contributed by atoms with van der Waals surface area (Å²) < 4.78 is 10.5. The molecule has 1 saturated carbocycles. The molecule has 5 heteroatoms. The maximum atomic E-state index is 12.4. The number of rotatable bonds is 5. The fourth-order valence-electron chi connectivity index (χ4n) is 2.83. The Labute approximate surface area is 109 Å². The van der Waals surface area contributed by atoms with Crippen molar-refractivity contribution in [2.75, 3.05) is 33.9 Å². The summed E-state index contributed by atoms with van der Waals surface area (Å²) in [6.07, 6.45) is 3.90. The van der Waals surface area contributed by atoms with E-state index in [0.717, 1.165) is 38.8 Å². The Morgan fingerprint density at radius 1 is 1.33 bits per heavy atom. The Kier molecular flexibility index (Phi) is 4.59. The third-order valence-corrected chi connectivity index (χ3v) is 4.23. The monoisotopic (exact) mass is 256 g/mol. The average molecular weight is 256 g/mol. The highest BCUT2D eigenvalue weighted by Gasteiger charge is 2.42. The standard InChI is InChI=1S/C13H24N2O3/c1-17-9-13(3-5-14-6-4-13)12(16)15-10-7-11(8-10)18-2/h10-11,14H,3-9H2,1-2H3,(H,15,16). The van der Waals surface area contributed by atoms with Crippen molar-refractivity contribution in [3.63, 3.8) is 0 Å². The van der Waals surface area contributed by atoms with E-state index in [2.05, 4.69) is 10.6 Å². The quantitative estimate of drug-likeness (QED) is 0.742. The van der Waals surface area contributed by atoms with Crippen molar-refractivity contribution in [2.24, 2.45) is 5.41 Å². The molecule has 18 heavy (non-hydrogen) atoms. The molecule has 1 aliphatic heterocycles. The lowest BCUT2D eigenvalue weighted by Gasteiger charge is -2.40. The molecule has 0 aromatic carbocycles. The van der Waals surface area contributed by atoms with Crippen LogP contribution in [-0.4, -0.2) is 52.0 Å². The largest absolute Gasteiger partial charge is 0.384 e. The normalized spacial score (nSPS) is 30.6. The molecule has 0 aromatic heterocycles. The Bertz CT molecular complexity index is 278. The molecule has 0 bridgehead atoms. The number of piperidine rings is 1. The van der Waals surface area contributed by atoms with Crippen molar-refractivity contribution in [1.82, 2.24) is 10.6 Å². The maximum absolute atomic E-state index is 12.4. The highest BCUT2D eigenvalue weighted by Crippen LogP contribution is 2.31. The van der Waals surface area contributed by atoms with Crippen LogP contribution in [0.4, 0.5) is 0 Å². The Morgan fingerprint density at radius 3 is 2.56 bits per heavy atom. The number of methoxy groups -OCH3 is 2. The lowest BCUT2D eigenvalue weighted by molar-refractivity contribution is -0.138. The summed E-state index contributed by atoms with van der Waals surface area (Å²) >= 11 is 0. The highest BCUT2D eigenvalue weighted by molar-refractivity contribution is 5.83. The number of amides is 1. The molecule has 2 aliphatic rings. The van der Waals surface area contributed by atoms with Crippen LogP contribution in [0.5, 0.6) is 0 Å². The first-order chi connectivity index (χ1) is 8.70. The maximum Gasteiger partial charge on any atom is 0.228 e. The van der Waals surface area contributed by atoms with Crippen molar-refractivity contribution < 1.29 is 14.3 Å². The first-order valence-electron chi connectivity index (χ1n) is 6.73. The average Bonchev–Trinajstić information content (AvgIpc) is 2.34. The molecule has 1 saturated heterocycles. The predicted molar refractivity (Wildman–Crippen MR) is 68.4 cm³/mol. The molecular formula is C13H24N2O3. The fraction of sp³-hybridized carbons (Fsp3) is 0.923. The van der Waals surface area contributed by atoms with Crippen molar-refractivity contribution in [1.29, 1.82) is 0 Å². The van der Waals surface area contributed by atoms with E-state index < -0.39 is 0 Å². The smallest absolute Gasteiger partial charge is 0.228 e. The third kappa shape index (κ3) is 2.84. The summed E-state index contributed by atoms with van der Waals surface area (Å²) in [7, 11) is 3.39. The van der Waals surface area contributed by atoms with Crippen molar-refractivity contribution in [3.05, 3.63) is 0 Å². The van der Waals surface area contributed by atoms with Crippen molar-refractivity contribution in [2.45, 2.75) is 37.8 Å². The summed E-state index contributed by atoms with van der Waals surface area (Å²) in [6, 6.07) is 0.283. The zero-order valence-corrected chi connectivity index (χ0v) is 11.3. The Hall–Kier alpha value is -0.650. The predicted octanol–water partition coefficient (Wildman–Crippen LogP) is 0.296.